The quantitative estimate of drug-likeness (QED) is 0.582. The van der Waals surface area contributed by atoms with Crippen LogP contribution in [0.1, 0.15) is 16.7 Å². The number of benzene rings is 3. The van der Waals surface area contributed by atoms with E-state index in [9.17, 15) is 13.2 Å². The number of primary sulfonamides is 1. The zero-order valence-corrected chi connectivity index (χ0v) is 16.2. The second-order valence-electron chi connectivity index (χ2n) is 6.19. The molecule has 146 valence electrons. The van der Waals surface area contributed by atoms with Gasteiger partial charge in [0.1, 0.15) is 0 Å². The molecule has 0 atom stereocenters. The average molecular weight is 405 g/mol. The maximum atomic E-state index is 12.1. The highest BCUT2D eigenvalue weighted by Gasteiger charge is 2.07. The fourth-order valence-electron chi connectivity index (χ4n) is 2.50. The Hall–Kier alpha value is -3.60. The van der Waals surface area contributed by atoms with Crippen LogP contribution in [0, 0.1) is 11.8 Å². The fraction of sp³-hybridized carbons (Fsp3) is 0.0455. The molecule has 3 aromatic carbocycles. The van der Waals surface area contributed by atoms with Gasteiger partial charge in [0.05, 0.1) is 4.90 Å². The summed E-state index contributed by atoms with van der Waals surface area (Å²) in [6.07, 6.45) is 0. The summed E-state index contributed by atoms with van der Waals surface area (Å²) in [5, 5.41) is 10.5. The summed E-state index contributed by atoms with van der Waals surface area (Å²) in [4.78, 5) is 12.2. The monoisotopic (exact) mass is 405 g/mol. The van der Waals surface area contributed by atoms with Crippen LogP contribution in [0.3, 0.4) is 0 Å². The maximum Gasteiger partial charge on any atom is 0.319 e. The Balaban J connectivity index is 1.58. The molecule has 4 N–H and O–H groups in total. The Labute approximate surface area is 169 Å². The Morgan fingerprint density at radius 1 is 0.862 bits per heavy atom. The number of hydrogen-bond acceptors (Lipinski definition) is 3. The van der Waals surface area contributed by atoms with E-state index in [1.165, 1.54) is 12.1 Å². The largest absolute Gasteiger partial charge is 0.334 e. The summed E-state index contributed by atoms with van der Waals surface area (Å²) in [5.41, 5.74) is 3.06. The minimum Gasteiger partial charge on any atom is -0.334 e. The molecule has 0 fully saturated rings. The second kappa shape index (κ2) is 9.06. The summed E-state index contributed by atoms with van der Waals surface area (Å²) < 4.78 is 22.5. The first kappa shape index (κ1) is 20.1. The van der Waals surface area contributed by atoms with Crippen LogP contribution in [-0.4, -0.2) is 14.4 Å². The SMILES string of the molecule is NS(=O)(=O)c1ccc(CNC(=O)Nc2cccc(C#Cc3ccccc3)c2)cc1. The molecular weight excluding hydrogens is 386 g/mol. The van der Waals surface area contributed by atoms with Crippen molar-refractivity contribution in [2.24, 2.45) is 5.14 Å². The number of rotatable bonds is 4. The average Bonchev–Trinajstić information content (AvgIpc) is 2.71. The van der Waals surface area contributed by atoms with Gasteiger partial charge in [-0.25, -0.2) is 18.4 Å². The van der Waals surface area contributed by atoms with E-state index < -0.39 is 10.0 Å². The van der Waals surface area contributed by atoms with E-state index in [-0.39, 0.29) is 17.5 Å². The number of nitrogens with one attached hydrogen (secondary N) is 2. The molecule has 29 heavy (non-hydrogen) atoms. The van der Waals surface area contributed by atoms with Gasteiger partial charge in [0.2, 0.25) is 10.0 Å². The van der Waals surface area contributed by atoms with E-state index in [1.807, 2.05) is 42.5 Å². The van der Waals surface area contributed by atoms with E-state index >= 15 is 0 Å². The van der Waals surface area contributed by atoms with Crippen molar-refractivity contribution in [2.75, 3.05) is 5.32 Å². The predicted molar refractivity (Wildman–Crippen MR) is 113 cm³/mol. The van der Waals surface area contributed by atoms with Crippen molar-refractivity contribution in [2.45, 2.75) is 11.4 Å². The van der Waals surface area contributed by atoms with E-state index in [4.69, 9.17) is 5.14 Å². The third-order valence-electron chi connectivity index (χ3n) is 3.95. The lowest BCUT2D eigenvalue weighted by Crippen LogP contribution is -2.28. The highest BCUT2D eigenvalue weighted by Crippen LogP contribution is 2.11. The number of hydrogen-bond donors (Lipinski definition) is 3. The van der Waals surface area contributed by atoms with Crippen molar-refractivity contribution in [1.82, 2.24) is 5.32 Å². The van der Waals surface area contributed by atoms with Gasteiger partial charge in [-0.05, 0) is 48.0 Å². The van der Waals surface area contributed by atoms with Gasteiger partial charge >= 0.3 is 6.03 Å². The predicted octanol–water partition coefficient (Wildman–Crippen LogP) is 3.06. The summed E-state index contributed by atoms with van der Waals surface area (Å²) in [7, 11) is -3.73. The zero-order chi connectivity index (χ0) is 20.7. The number of amides is 2. The van der Waals surface area contributed by atoms with E-state index in [0.29, 0.717) is 5.69 Å². The Morgan fingerprint density at radius 2 is 1.52 bits per heavy atom. The van der Waals surface area contributed by atoms with Gasteiger partial charge in [0, 0.05) is 23.4 Å². The van der Waals surface area contributed by atoms with Gasteiger partial charge in [-0.1, -0.05) is 48.2 Å². The van der Waals surface area contributed by atoms with Crippen LogP contribution in [0.25, 0.3) is 0 Å². The zero-order valence-electron chi connectivity index (χ0n) is 15.4. The number of nitrogens with two attached hydrogens (primary N) is 1. The van der Waals surface area contributed by atoms with E-state index in [2.05, 4.69) is 22.5 Å². The second-order valence-corrected chi connectivity index (χ2v) is 7.75. The lowest BCUT2D eigenvalue weighted by Gasteiger charge is -2.08. The fourth-order valence-corrected chi connectivity index (χ4v) is 3.01. The lowest BCUT2D eigenvalue weighted by atomic mass is 10.1. The molecule has 0 bridgehead atoms. The molecule has 0 saturated carbocycles. The third-order valence-corrected chi connectivity index (χ3v) is 4.88. The molecule has 3 aromatic rings. The van der Waals surface area contributed by atoms with Crippen LogP contribution >= 0.6 is 0 Å². The normalized spacial score (nSPS) is 10.5. The molecule has 0 heterocycles. The summed E-state index contributed by atoms with van der Waals surface area (Å²) in [6.45, 7) is 0.240. The van der Waals surface area contributed by atoms with Gasteiger partial charge in [0.15, 0.2) is 0 Å². The number of anilines is 1. The maximum absolute atomic E-state index is 12.1. The lowest BCUT2D eigenvalue weighted by molar-refractivity contribution is 0.251. The number of carbonyl (C=O) groups excluding carboxylic acids is 1. The van der Waals surface area contributed by atoms with E-state index in [0.717, 1.165) is 16.7 Å². The van der Waals surface area contributed by atoms with Gasteiger partial charge in [0.25, 0.3) is 0 Å². The molecule has 0 aliphatic rings. The molecule has 2 amide bonds. The minimum absolute atomic E-state index is 0.0270. The highest BCUT2D eigenvalue weighted by atomic mass is 32.2. The molecule has 0 aliphatic carbocycles. The Kier molecular flexibility index (Phi) is 6.29. The Bertz CT molecular complexity index is 1160. The first-order valence-electron chi connectivity index (χ1n) is 8.74. The smallest absolute Gasteiger partial charge is 0.319 e. The van der Waals surface area contributed by atoms with Crippen molar-refractivity contribution in [3.8, 4) is 11.8 Å². The van der Waals surface area contributed by atoms with Crippen LogP contribution in [0.15, 0.2) is 83.8 Å². The third kappa shape index (κ3) is 6.21. The molecular formula is C22H19N3O3S. The number of sulfonamides is 1. The summed E-state index contributed by atoms with van der Waals surface area (Å²) in [6, 6.07) is 22.5. The molecule has 6 nitrogen and oxygen atoms in total. The van der Waals surface area contributed by atoms with Crippen LogP contribution in [0.5, 0.6) is 0 Å². The van der Waals surface area contributed by atoms with Crippen molar-refractivity contribution in [3.63, 3.8) is 0 Å². The van der Waals surface area contributed by atoms with Crippen LogP contribution < -0.4 is 15.8 Å². The van der Waals surface area contributed by atoms with Gasteiger partial charge in [-0.3, -0.25) is 0 Å². The molecule has 0 saturated heterocycles. The van der Waals surface area contributed by atoms with Crippen molar-refractivity contribution >= 4 is 21.7 Å². The van der Waals surface area contributed by atoms with Crippen molar-refractivity contribution < 1.29 is 13.2 Å². The standard InChI is InChI=1S/C22H19N3O3S/c23-29(27,28)21-13-11-19(12-14-21)16-24-22(26)25-20-8-4-7-18(15-20)10-9-17-5-2-1-3-6-17/h1-8,11-15H,16H2,(H2,23,27,28)(H2,24,25,26). The van der Waals surface area contributed by atoms with Crippen molar-refractivity contribution in [3.05, 3.63) is 95.6 Å². The summed E-state index contributed by atoms with van der Waals surface area (Å²) >= 11 is 0. The number of urea groups is 1. The summed E-state index contributed by atoms with van der Waals surface area (Å²) in [5.74, 6) is 6.14. The molecule has 0 unspecified atom stereocenters. The van der Waals surface area contributed by atoms with Crippen LogP contribution in [0.2, 0.25) is 0 Å². The highest BCUT2D eigenvalue weighted by molar-refractivity contribution is 7.89. The minimum atomic E-state index is -3.73. The van der Waals surface area contributed by atoms with Crippen molar-refractivity contribution in [1.29, 1.82) is 0 Å². The topological polar surface area (TPSA) is 101 Å². The van der Waals surface area contributed by atoms with E-state index in [1.54, 1.807) is 24.3 Å². The van der Waals surface area contributed by atoms with Crippen LogP contribution in [0.4, 0.5) is 10.5 Å². The molecule has 3 rings (SSSR count). The molecule has 0 spiro atoms. The van der Waals surface area contributed by atoms with Gasteiger partial charge < -0.3 is 10.6 Å². The first-order chi connectivity index (χ1) is 13.9. The first-order valence-corrected chi connectivity index (χ1v) is 10.3. The molecule has 0 aromatic heterocycles. The van der Waals surface area contributed by atoms with Gasteiger partial charge in [-0.2, -0.15) is 0 Å². The number of carbonyl (C=O) groups is 1. The molecule has 0 radical (unpaired) electrons. The molecule has 0 aliphatic heterocycles. The van der Waals surface area contributed by atoms with Gasteiger partial charge in [-0.15, -0.1) is 0 Å². The van der Waals surface area contributed by atoms with Crippen LogP contribution in [-0.2, 0) is 16.6 Å². The molecule has 7 heteroatoms. The Morgan fingerprint density at radius 3 is 2.21 bits per heavy atom.